The first-order valence-electron chi connectivity index (χ1n) is 4.06. The van der Waals surface area contributed by atoms with Crippen molar-refractivity contribution < 1.29 is 0 Å². The van der Waals surface area contributed by atoms with E-state index in [-0.39, 0.29) is 6.04 Å². The zero-order chi connectivity index (χ0) is 8.97. The Kier molecular flexibility index (Phi) is 3.62. The second-order valence-corrected chi connectivity index (χ2v) is 4.00. The van der Waals surface area contributed by atoms with Crippen LogP contribution in [0.1, 0.15) is 13.3 Å². The second-order valence-electron chi connectivity index (χ2n) is 2.94. The normalized spacial score (nSPS) is 13.2. The summed E-state index contributed by atoms with van der Waals surface area (Å²) in [5, 5.41) is 1.07. The van der Waals surface area contributed by atoms with E-state index in [1.807, 2.05) is 30.9 Å². The molecule has 0 aliphatic rings. The van der Waals surface area contributed by atoms with Gasteiger partial charge in [-0.05, 0) is 13.3 Å². The molecule has 0 aliphatic heterocycles. The molecular formula is C8H15N3S. The third-order valence-corrected chi connectivity index (χ3v) is 2.67. The van der Waals surface area contributed by atoms with Gasteiger partial charge in [0.1, 0.15) is 0 Å². The predicted octanol–water partition coefficient (Wildman–Crippen LogP) is 1.25. The highest BCUT2D eigenvalue weighted by atomic mass is 32.2. The van der Waals surface area contributed by atoms with Crippen molar-refractivity contribution in [2.75, 3.05) is 5.75 Å². The molecule has 68 valence electrons. The van der Waals surface area contributed by atoms with Crippen LogP contribution in [0.15, 0.2) is 17.6 Å². The fourth-order valence-corrected chi connectivity index (χ4v) is 1.90. The largest absolute Gasteiger partial charge is 0.329 e. The van der Waals surface area contributed by atoms with Crippen LogP contribution in [-0.4, -0.2) is 21.3 Å². The summed E-state index contributed by atoms with van der Waals surface area (Å²) in [6, 6.07) is 0.290. The molecule has 0 spiro atoms. The zero-order valence-corrected chi connectivity index (χ0v) is 8.34. The van der Waals surface area contributed by atoms with E-state index >= 15 is 0 Å². The van der Waals surface area contributed by atoms with Crippen LogP contribution < -0.4 is 5.73 Å². The van der Waals surface area contributed by atoms with Crippen LogP contribution in [0.5, 0.6) is 0 Å². The molecule has 4 heteroatoms. The van der Waals surface area contributed by atoms with Crippen LogP contribution in [0.3, 0.4) is 0 Å². The first-order chi connectivity index (χ1) is 5.70. The van der Waals surface area contributed by atoms with Crippen LogP contribution in [0.2, 0.25) is 0 Å². The lowest BCUT2D eigenvalue weighted by molar-refractivity contribution is 0.718. The Hall–Kier alpha value is -0.480. The number of hydrogen-bond acceptors (Lipinski definition) is 3. The van der Waals surface area contributed by atoms with E-state index in [0.717, 1.165) is 17.3 Å². The number of aromatic nitrogens is 2. The summed E-state index contributed by atoms with van der Waals surface area (Å²) >= 11 is 1.75. The van der Waals surface area contributed by atoms with Crippen molar-refractivity contribution in [3.8, 4) is 0 Å². The Morgan fingerprint density at radius 3 is 3.00 bits per heavy atom. The molecule has 0 bridgehead atoms. The highest BCUT2D eigenvalue weighted by Gasteiger charge is 2.00. The molecule has 1 aromatic heterocycles. The number of hydrogen-bond donors (Lipinski definition) is 1. The molecule has 0 saturated carbocycles. The number of nitrogens with zero attached hydrogens (tertiary/aromatic N) is 2. The number of rotatable bonds is 4. The van der Waals surface area contributed by atoms with Gasteiger partial charge in [-0.25, -0.2) is 4.98 Å². The van der Waals surface area contributed by atoms with Gasteiger partial charge in [0.15, 0.2) is 5.16 Å². The van der Waals surface area contributed by atoms with E-state index in [9.17, 15) is 0 Å². The zero-order valence-electron chi connectivity index (χ0n) is 7.53. The van der Waals surface area contributed by atoms with Gasteiger partial charge in [-0.3, -0.25) is 0 Å². The standard InChI is InChI=1S/C8H15N3S/c1-7(9)3-6-12-8-10-4-5-11(8)2/h4-5,7H,3,6,9H2,1-2H3. The molecule has 0 radical (unpaired) electrons. The minimum atomic E-state index is 0.290. The lowest BCUT2D eigenvalue weighted by Crippen LogP contribution is -2.15. The van der Waals surface area contributed by atoms with E-state index in [0.29, 0.717) is 0 Å². The summed E-state index contributed by atoms with van der Waals surface area (Å²) in [5.41, 5.74) is 5.63. The second kappa shape index (κ2) is 4.52. The molecule has 1 heterocycles. The Morgan fingerprint density at radius 1 is 1.75 bits per heavy atom. The van der Waals surface area contributed by atoms with Gasteiger partial charge in [-0.1, -0.05) is 11.8 Å². The maximum atomic E-state index is 5.63. The van der Waals surface area contributed by atoms with Gasteiger partial charge in [0.2, 0.25) is 0 Å². The molecule has 0 aliphatic carbocycles. The van der Waals surface area contributed by atoms with Crippen molar-refractivity contribution in [2.24, 2.45) is 12.8 Å². The minimum Gasteiger partial charge on any atom is -0.329 e. The van der Waals surface area contributed by atoms with Gasteiger partial charge >= 0.3 is 0 Å². The summed E-state index contributed by atoms with van der Waals surface area (Å²) in [6.07, 6.45) is 4.81. The van der Waals surface area contributed by atoms with E-state index in [1.54, 1.807) is 11.8 Å². The highest BCUT2D eigenvalue weighted by molar-refractivity contribution is 7.99. The predicted molar refractivity (Wildman–Crippen MR) is 52.2 cm³/mol. The van der Waals surface area contributed by atoms with Gasteiger partial charge in [0.05, 0.1) is 0 Å². The van der Waals surface area contributed by atoms with E-state index in [1.165, 1.54) is 0 Å². The SMILES string of the molecule is CC(N)CCSc1nccn1C. The van der Waals surface area contributed by atoms with Crippen molar-refractivity contribution in [3.63, 3.8) is 0 Å². The maximum Gasteiger partial charge on any atom is 0.167 e. The molecule has 0 saturated heterocycles. The van der Waals surface area contributed by atoms with Crippen molar-refractivity contribution >= 4 is 11.8 Å². The third kappa shape index (κ3) is 2.87. The molecule has 1 rings (SSSR count). The fraction of sp³-hybridized carbons (Fsp3) is 0.625. The van der Waals surface area contributed by atoms with E-state index in [4.69, 9.17) is 5.73 Å². The topological polar surface area (TPSA) is 43.8 Å². The fourth-order valence-electron chi connectivity index (χ4n) is 0.827. The molecule has 3 nitrogen and oxygen atoms in total. The Bertz CT molecular complexity index is 232. The molecule has 0 aromatic carbocycles. The summed E-state index contributed by atoms with van der Waals surface area (Å²) in [4.78, 5) is 4.20. The maximum absolute atomic E-state index is 5.63. The smallest absolute Gasteiger partial charge is 0.167 e. The monoisotopic (exact) mass is 185 g/mol. The van der Waals surface area contributed by atoms with Crippen LogP contribution in [0.25, 0.3) is 0 Å². The molecular weight excluding hydrogens is 170 g/mol. The Morgan fingerprint density at radius 2 is 2.50 bits per heavy atom. The van der Waals surface area contributed by atoms with Gasteiger partial charge in [-0.15, -0.1) is 0 Å². The Balaban J connectivity index is 2.29. The quantitative estimate of drug-likeness (QED) is 0.718. The van der Waals surface area contributed by atoms with Gasteiger partial charge < -0.3 is 10.3 Å². The van der Waals surface area contributed by atoms with Crippen LogP contribution in [-0.2, 0) is 7.05 Å². The summed E-state index contributed by atoms with van der Waals surface area (Å²) in [7, 11) is 2.00. The van der Waals surface area contributed by atoms with E-state index < -0.39 is 0 Å². The van der Waals surface area contributed by atoms with Gasteiger partial charge in [-0.2, -0.15) is 0 Å². The number of aryl methyl sites for hydroxylation is 1. The van der Waals surface area contributed by atoms with E-state index in [2.05, 4.69) is 4.98 Å². The highest BCUT2D eigenvalue weighted by Crippen LogP contribution is 2.15. The number of nitrogens with two attached hydrogens (primary N) is 1. The van der Waals surface area contributed by atoms with Crippen LogP contribution in [0, 0.1) is 0 Å². The Labute approximate surface area is 77.4 Å². The summed E-state index contributed by atoms with van der Waals surface area (Å²) < 4.78 is 2.02. The lowest BCUT2D eigenvalue weighted by Gasteiger charge is -2.03. The van der Waals surface area contributed by atoms with Crippen LogP contribution >= 0.6 is 11.8 Å². The van der Waals surface area contributed by atoms with Crippen molar-refractivity contribution in [1.82, 2.24) is 9.55 Å². The van der Waals surface area contributed by atoms with Gasteiger partial charge in [0.25, 0.3) is 0 Å². The molecule has 2 N–H and O–H groups in total. The van der Waals surface area contributed by atoms with Crippen molar-refractivity contribution in [1.29, 1.82) is 0 Å². The first-order valence-corrected chi connectivity index (χ1v) is 5.04. The first kappa shape index (κ1) is 9.61. The molecule has 1 atom stereocenters. The van der Waals surface area contributed by atoms with Crippen molar-refractivity contribution in [2.45, 2.75) is 24.5 Å². The third-order valence-electron chi connectivity index (χ3n) is 1.58. The average molecular weight is 185 g/mol. The molecule has 1 unspecified atom stereocenters. The lowest BCUT2D eigenvalue weighted by atomic mass is 10.3. The minimum absolute atomic E-state index is 0.290. The molecule has 12 heavy (non-hydrogen) atoms. The number of thioether (sulfide) groups is 1. The molecule has 0 fully saturated rings. The van der Waals surface area contributed by atoms with Gasteiger partial charge in [0, 0.05) is 31.2 Å². The van der Waals surface area contributed by atoms with Crippen molar-refractivity contribution in [3.05, 3.63) is 12.4 Å². The van der Waals surface area contributed by atoms with Crippen LogP contribution in [0.4, 0.5) is 0 Å². The molecule has 1 aromatic rings. The summed E-state index contributed by atoms with van der Waals surface area (Å²) in [5.74, 6) is 1.04. The average Bonchev–Trinajstić information content (AvgIpc) is 2.36. The summed E-state index contributed by atoms with van der Waals surface area (Å²) in [6.45, 7) is 2.03. The molecule has 0 amide bonds. The number of imidazole rings is 1.